The number of phenols is 1. The number of hydrogen-bond donors (Lipinski definition) is 1. The van der Waals surface area contributed by atoms with E-state index in [2.05, 4.69) is 10.2 Å². The molecule has 4 rings (SSSR count). The average molecular weight is 417 g/mol. The molecule has 1 amide bonds. The molecule has 1 N–H and O–H groups in total. The van der Waals surface area contributed by atoms with Gasteiger partial charge in [0, 0.05) is 0 Å². The Morgan fingerprint density at radius 1 is 1.10 bits per heavy atom. The number of amides is 1. The van der Waals surface area contributed by atoms with Crippen LogP contribution in [0.25, 0.3) is 6.08 Å². The van der Waals surface area contributed by atoms with E-state index in [1.54, 1.807) is 53.8 Å². The van der Waals surface area contributed by atoms with Gasteiger partial charge in [-0.3, -0.25) is 9.69 Å². The number of rotatable bonds is 5. The Kier molecular flexibility index (Phi) is 5.81. The van der Waals surface area contributed by atoms with E-state index in [4.69, 9.17) is 4.42 Å². The molecule has 1 saturated heterocycles. The summed E-state index contributed by atoms with van der Waals surface area (Å²) < 4.78 is 5.40. The molecule has 0 unspecified atom stereocenters. The maximum absolute atomic E-state index is 13.0. The minimum absolute atomic E-state index is 0.172. The van der Waals surface area contributed by atoms with E-state index in [1.165, 1.54) is 11.8 Å². The first-order chi connectivity index (χ1) is 14.6. The van der Waals surface area contributed by atoms with Crippen molar-refractivity contribution in [2.24, 2.45) is 10.2 Å². The van der Waals surface area contributed by atoms with E-state index in [9.17, 15) is 9.90 Å². The smallest absolute Gasteiger partial charge is 0.267 e. The lowest BCUT2D eigenvalue weighted by atomic mass is 10.1. The second kappa shape index (κ2) is 8.84. The van der Waals surface area contributed by atoms with Crippen molar-refractivity contribution in [2.75, 3.05) is 0 Å². The number of aryl methyl sites for hydroxylation is 1. The molecule has 0 aliphatic carbocycles. The third kappa shape index (κ3) is 4.52. The van der Waals surface area contributed by atoms with E-state index in [1.807, 2.05) is 37.3 Å². The second-order valence-corrected chi connectivity index (χ2v) is 7.67. The number of thioether (sulfide) groups is 1. The van der Waals surface area contributed by atoms with Crippen LogP contribution in [0.2, 0.25) is 0 Å². The van der Waals surface area contributed by atoms with E-state index < -0.39 is 0 Å². The van der Waals surface area contributed by atoms with Crippen molar-refractivity contribution in [1.82, 2.24) is 4.90 Å². The molecule has 0 bridgehead atoms. The summed E-state index contributed by atoms with van der Waals surface area (Å²) in [5.74, 6) is 0.662. The molecule has 1 aliphatic heterocycles. The fourth-order valence-corrected chi connectivity index (χ4v) is 3.81. The van der Waals surface area contributed by atoms with Crippen LogP contribution in [-0.4, -0.2) is 27.3 Å². The first kappa shape index (κ1) is 19.7. The maximum atomic E-state index is 13.0. The Morgan fingerprint density at radius 2 is 1.90 bits per heavy atom. The Labute approximate surface area is 178 Å². The van der Waals surface area contributed by atoms with Gasteiger partial charge >= 0.3 is 0 Å². The minimum atomic E-state index is -0.172. The second-order valence-electron chi connectivity index (χ2n) is 6.66. The van der Waals surface area contributed by atoms with Gasteiger partial charge in [-0.1, -0.05) is 36.4 Å². The minimum Gasteiger partial charge on any atom is -0.508 e. The number of benzene rings is 2. The zero-order valence-electron chi connectivity index (χ0n) is 16.2. The summed E-state index contributed by atoms with van der Waals surface area (Å²) in [7, 11) is 0. The van der Waals surface area contributed by atoms with Gasteiger partial charge in [0.25, 0.3) is 5.91 Å². The molecule has 1 fully saturated rings. The van der Waals surface area contributed by atoms with Crippen molar-refractivity contribution in [3.63, 3.8) is 0 Å². The van der Waals surface area contributed by atoms with E-state index in [0.29, 0.717) is 15.8 Å². The van der Waals surface area contributed by atoms with Crippen LogP contribution in [0.15, 0.2) is 86.5 Å². The molecule has 0 atom stereocenters. The molecule has 30 heavy (non-hydrogen) atoms. The van der Waals surface area contributed by atoms with Crippen molar-refractivity contribution in [2.45, 2.75) is 13.5 Å². The maximum Gasteiger partial charge on any atom is 0.267 e. The molecule has 2 heterocycles. The van der Waals surface area contributed by atoms with E-state index >= 15 is 0 Å². The Bertz CT molecular complexity index is 1130. The fourth-order valence-electron chi connectivity index (χ4n) is 2.87. The molecule has 150 valence electrons. The van der Waals surface area contributed by atoms with Crippen molar-refractivity contribution >= 4 is 35.1 Å². The van der Waals surface area contributed by atoms with Gasteiger partial charge < -0.3 is 9.52 Å². The summed E-state index contributed by atoms with van der Waals surface area (Å²) in [4.78, 5) is 15.1. The summed E-state index contributed by atoms with van der Waals surface area (Å²) in [6, 6.07) is 18.1. The molecule has 6 nitrogen and oxygen atoms in total. The summed E-state index contributed by atoms with van der Waals surface area (Å²) in [5, 5.41) is 18.5. The molecular formula is C23H19N3O3S. The van der Waals surface area contributed by atoms with Crippen LogP contribution in [-0.2, 0) is 11.3 Å². The Balaban J connectivity index is 1.62. The normalized spacial score (nSPS) is 17.0. The highest BCUT2D eigenvalue weighted by Crippen LogP contribution is 2.34. The highest BCUT2D eigenvalue weighted by molar-refractivity contribution is 8.18. The van der Waals surface area contributed by atoms with Crippen LogP contribution in [0.5, 0.6) is 5.75 Å². The number of phenolic OH excluding ortho intramolecular Hbond substituents is 1. The SMILES string of the molecule is Cc1ccccc1/C=N/N=C1\S/C(=C\c2ccc(O)cc2)C(=O)N1Cc1ccco1. The van der Waals surface area contributed by atoms with Gasteiger partial charge in [-0.05, 0) is 65.7 Å². The van der Waals surface area contributed by atoms with E-state index in [-0.39, 0.29) is 18.2 Å². The summed E-state index contributed by atoms with van der Waals surface area (Å²) in [6.07, 6.45) is 5.03. The van der Waals surface area contributed by atoms with Crippen LogP contribution >= 0.6 is 11.8 Å². The Morgan fingerprint density at radius 3 is 2.63 bits per heavy atom. The first-order valence-electron chi connectivity index (χ1n) is 9.29. The van der Waals surface area contributed by atoms with Crippen LogP contribution in [0.4, 0.5) is 0 Å². The summed E-state index contributed by atoms with van der Waals surface area (Å²) in [5.41, 5.74) is 2.87. The van der Waals surface area contributed by atoms with E-state index in [0.717, 1.165) is 16.7 Å². The molecule has 3 aromatic rings. The number of carbonyl (C=O) groups excluding carboxylic acids is 1. The first-order valence-corrected chi connectivity index (χ1v) is 10.1. The summed E-state index contributed by atoms with van der Waals surface area (Å²) >= 11 is 1.26. The molecule has 7 heteroatoms. The third-order valence-electron chi connectivity index (χ3n) is 4.50. The number of furan rings is 1. The Hall–Kier alpha value is -3.58. The molecule has 0 radical (unpaired) electrons. The topological polar surface area (TPSA) is 78.4 Å². The molecule has 1 aromatic heterocycles. The van der Waals surface area contributed by atoms with Crippen molar-refractivity contribution in [3.8, 4) is 5.75 Å². The van der Waals surface area contributed by atoms with Crippen LogP contribution in [0.1, 0.15) is 22.5 Å². The fraction of sp³-hybridized carbons (Fsp3) is 0.0870. The van der Waals surface area contributed by atoms with Gasteiger partial charge in [0.05, 0.1) is 23.9 Å². The number of nitrogens with zero attached hydrogens (tertiary/aromatic N) is 3. The van der Waals surface area contributed by atoms with Crippen molar-refractivity contribution in [3.05, 3.63) is 94.3 Å². The predicted octanol–water partition coefficient (Wildman–Crippen LogP) is 4.80. The summed E-state index contributed by atoms with van der Waals surface area (Å²) in [6.45, 7) is 2.27. The van der Waals surface area contributed by atoms with Crippen molar-refractivity contribution in [1.29, 1.82) is 0 Å². The lowest BCUT2D eigenvalue weighted by Gasteiger charge is -2.12. The van der Waals surface area contributed by atoms with Gasteiger partial charge in [0.1, 0.15) is 11.5 Å². The lowest BCUT2D eigenvalue weighted by molar-refractivity contribution is -0.122. The largest absolute Gasteiger partial charge is 0.508 e. The molecule has 1 aliphatic rings. The number of carbonyl (C=O) groups is 1. The van der Waals surface area contributed by atoms with Crippen molar-refractivity contribution < 1.29 is 14.3 Å². The van der Waals surface area contributed by atoms with Gasteiger partial charge in [0.15, 0.2) is 5.17 Å². The average Bonchev–Trinajstić information content (AvgIpc) is 3.35. The number of amidine groups is 1. The standard InChI is InChI=1S/C23H19N3O3S/c1-16-5-2-3-6-18(16)14-24-25-23-26(15-20-7-4-12-29-20)22(28)21(30-23)13-17-8-10-19(27)11-9-17/h2-14,27H,15H2,1H3/b21-13-,24-14+,25-23-. The third-order valence-corrected chi connectivity index (χ3v) is 5.50. The van der Waals surface area contributed by atoms with Gasteiger partial charge in [0.2, 0.25) is 0 Å². The molecule has 0 spiro atoms. The van der Waals surface area contributed by atoms with Gasteiger partial charge in [-0.15, -0.1) is 5.10 Å². The lowest BCUT2D eigenvalue weighted by Crippen LogP contribution is -2.28. The highest BCUT2D eigenvalue weighted by atomic mass is 32.2. The zero-order chi connectivity index (χ0) is 20.9. The van der Waals surface area contributed by atoms with Gasteiger partial charge in [-0.2, -0.15) is 5.10 Å². The monoisotopic (exact) mass is 417 g/mol. The van der Waals surface area contributed by atoms with Crippen LogP contribution in [0, 0.1) is 6.92 Å². The molecule has 0 saturated carbocycles. The van der Waals surface area contributed by atoms with Crippen LogP contribution in [0.3, 0.4) is 0 Å². The predicted molar refractivity (Wildman–Crippen MR) is 119 cm³/mol. The quantitative estimate of drug-likeness (QED) is 0.367. The van der Waals surface area contributed by atoms with Gasteiger partial charge in [-0.25, -0.2) is 0 Å². The zero-order valence-corrected chi connectivity index (χ0v) is 17.0. The highest BCUT2D eigenvalue weighted by Gasteiger charge is 2.34. The number of hydrogen-bond acceptors (Lipinski definition) is 6. The van der Waals surface area contributed by atoms with Crippen LogP contribution < -0.4 is 0 Å². The number of aromatic hydroxyl groups is 1. The molecular weight excluding hydrogens is 398 g/mol. The molecule has 2 aromatic carbocycles.